The van der Waals surface area contributed by atoms with Crippen LogP contribution < -0.4 is 11.3 Å². The smallest absolute Gasteiger partial charge is 0.248 e. The van der Waals surface area contributed by atoms with Gasteiger partial charge in [-0.3, -0.25) is 4.79 Å². The van der Waals surface area contributed by atoms with E-state index in [-0.39, 0.29) is 17.0 Å². The highest BCUT2D eigenvalue weighted by molar-refractivity contribution is 5.93. The van der Waals surface area contributed by atoms with Crippen molar-refractivity contribution >= 4 is 16.6 Å². The van der Waals surface area contributed by atoms with Crippen LogP contribution in [-0.4, -0.2) is 10.1 Å². The van der Waals surface area contributed by atoms with Crippen LogP contribution in [0.3, 0.4) is 0 Å². The summed E-state index contributed by atoms with van der Waals surface area (Å²) in [5.41, 5.74) is 6.33. The number of nitrogen functional groups attached to an aromatic ring is 1. The number of hydrogen-bond donors (Lipinski definition) is 3. The van der Waals surface area contributed by atoms with Gasteiger partial charge in [-0.2, -0.15) is 0 Å². The number of nitrogens with two attached hydrogens (primary N) is 1. The van der Waals surface area contributed by atoms with Crippen LogP contribution >= 0.6 is 0 Å². The first-order valence-corrected chi connectivity index (χ1v) is 3.79. The van der Waals surface area contributed by atoms with Crippen LogP contribution in [0.2, 0.25) is 0 Å². The Labute approximate surface area is 73.6 Å². The average Bonchev–Trinajstić information content (AvgIpc) is 2.12. The highest BCUT2D eigenvalue weighted by Gasteiger charge is 2.02. The standard InChI is InChI=1S/C9H8N2O2/c10-9-5-1-4-8(13)11-6(5)2-3-7(9)12/h1-4,12H,10H2,(H,11,13). The van der Waals surface area contributed by atoms with Crippen molar-refractivity contribution in [1.82, 2.24) is 4.98 Å². The molecule has 0 aliphatic rings. The molecule has 4 nitrogen and oxygen atoms in total. The van der Waals surface area contributed by atoms with Gasteiger partial charge in [0, 0.05) is 11.5 Å². The molecule has 0 atom stereocenters. The lowest BCUT2D eigenvalue weighted by atomic mass is 10.2. The minimum atomic E-state index is -0.183. The van der Waals surface area contributed by atoms with Gasteiger partial charge in [-0.15, -0.1) is 0 Å². The molecule has 0 saturated carbocycles. The maximum Gasteiger partial charge on any atom is 0.248 e. The molecule has 0 aliphatic heterocycles. The van der Waals surface area contributed by atoms with Gasteiger partial charge < -0.3 is 15.8 Å². The fourth-order valence-electron chi connectivity index (χ4n) is 1.25. The quantitative estimate of drug-likeness (QED) is 0.410. The normalized spacial score (nSPS) is 10.5. The molecule has 0 radical (unpaired) electrons. The number of aromatic hydroxyl groups is 1. The van der Waals surface area contributed by atoms with Gasteiger partial charge in [0.25, 0.3) is 0 Å². The second kappa shape index (κ2) is 2.52. The Morgan fingerprint density at radius 3 is 2.77 bits per heavy atom. The predicted molar refractivity (Wildman–Crippen MR) is 50.6 cm³/mol. The molecule has 1 aromatic carbocycles. The fraction of sp³-hybridized carbons (Fsp3) is 0. The number of benzene rings is 1. The Hall–Kier alpha value is -1.97. The zero-order chi connectivity index (χ0) is 9.42. The molecular formula is C9H8N2O2. The average molecular weight is 176 g/mol. The third kappa shape index (κ3) is 1.12. The molecule has 0 amide bonds. The summed E-state index contributed by atoms with van der Waals surface area (Å²) in [6, 6.07) is 6.03. The van der Waals surface area contributed by atoms with E-state index in [1.54, 1.807) is 12.1 Å². The number of fused-ring (bicyclic) bond motifs is 1. The van der Waals surface area contributed by atoms with Gasteiger partial charge in [0.2, 0.25) is 5.56 Å². The SMILES string of the molecule is Nc1c(O)ccc2[nH]c(=O)ccc12. The van der Waals surface area contributed by atoms with E-state index < -0.39 is 0 Å². The van der Waals surface area contributed by atoms with Gasteiger partial charge in [0.05, 0.1) is 11.2 Å². The number of anilines is 1. The van der Waals surface area contributed by atoms with Crippen LogP contribution in [-0.2, 0) is 0 Å². The third-order valence-corrected chi connectivity index (χ3v) is 1.92. The molecule has 66 valence electrons. The number of phenolic OH excluding ortho intramolecular Hbond substituents is 1. The highest BCUT2D eigenvalue weighted by Crippen LogP contribution is 2.26. The monoisotopic (exact) mass is 176 g/mol. The first kappa shape index (κ1) is 7.67. The van der Waals surface area contributed by atoms with E-state index in [2.05, 4.69) is 4.98 Å². The van der Waals surface area contributed by atoms with E-state index >= 15 is 0 Å². The van der Waals surface area contributed by atoms with Crippen molar-refractivity contribution in [2.75, 3.05) is 5.73 Å². The van der Waals surface area contributed by atoms with Gasteiger partial charge in [0.1, 0.15) is 5.75 Å². The van der Waals surface area contributed by atoms with Crippen LogP contribution in [0.4, 0.5) is 5.69 Å². The number of nitrogens with one attached hydrogen (secondary N) is 1. The summed E-state index contributed by atoms with van der Waals surface area (Å²) in [5.74, 6) is 0.0274. The molecule has 0 saturated heterocycles. The number of rotatable bonds is 0. The Morgan fingerprint density at radius 2 is 2.00 bits per heavy atom. The van der Waals surface area contributed by atoms with Crippen molar-refractivity contribution < 1.29 is 5.11 Å². The van der Waals surface area contributed by atoms with Gasteiger partial charge in [-0.1, -0.05) is 0 Å². The predicted octanol–water partition coefficient (Wildman–Crippen LogP) is 0.816. The van der Waals surface area contributed by atoms with Crippen molar-refractivity contribution in [3.63, 3.8) is 0 Å². The minimum Gasteiger partial charge on any atom is -0.506 e. The lowest BCUT2D eigenvalue weighted by Crippen LogP contribution is -2.03. The second-order valence-corrected chi connectivity index (χ2v) is 2.78. The Bertz CT molecular complexity index is 516. The lowest BCUT2D eigenvalue weighted by Gasteiger charge is -2.02. The Balaban J connectivity index is 2.95. The number of aromatic nitrogens is 1. The van der Waals surface area contributed by atoms with Crippen LogP contribution in [0.1, 0.15) is 0 Å². The number of pyridine rings is 1. The van der Waals surface area contributed by atoms with E-state index in [0.29, 0.717) is 10.9 Å². The van der Waals surface area contributed by atoms with E-state index in [0.717, 1.165) is 0 Å². The summed E-state index contributed by atoms with van der Waals surface area (Å²) in [6.07, 6.45) is 0. The zero-order valence-electron chi connectivity index (χ0n) is 6.74. The second-order valence-electron chi connectivity index (χ2n) is 2.78. The van der Waals surface area contributed by atoms with E-state index in [1.165, 1.54) is 12.1 Å². The molecule has 13 heavy (non-hydrogen) atoms. The van der Waals surface area contributed by atoms with Crippen molar-refractivity contribution in [2.24, 2.45) is 0 Å². The van der Waals surface area contributed by atoms with Gasteiger partial charge in [-0.25, -0.2) is 0 Å². The van der Waals surface area contributed by atoms with Crippen molar-refractivity contribution in [3.8, 4) is 5.75 Å². The van der Waals surface area contributed by atoms with E-state index in [4.69, 9.17) is 5.73 Å². The number of phenols is 1. The molecule has 1 aromatic heterocycles. The largest absolute Gasteiger partial charge is 0.506 e. The molecule has 1 heterocycles. The van der Waals surface area contributed by atoms with Crippen molar-refractivity contribution in [3.05, 3.63) is 34.6 Å². The zero-order valence-corrected chi connectivity index (χ0v) is 6.74. The van der Waals surface area contributed by atoms with Gasteiger partial charge in [-0.05, 0) is 18.2 Å². The molecule has 0 spiro atoms. The summed E-state index contributed by atoms with van der Waals surface area (Å²) in [4.78, 5) is 13.5. The molecule has 2 rings (SSSR count). The summed E-state index contributed by atoms with van der Waals surface area (Å²) in [5, 5.41) is 9.92. The molecule has 0 aliphatic carbocycles. The highest BCUT2D eigenvalue weighted by atomic mass is 16.3. The van der Waals surface area contributed by atoms with E-state index in [9.17, 15) is 9.90 Å². The van der Waals surface area contributed by atoms with Crippen LogP contribution in [0, 0.1) is 0 Å². The maximum atomic E-state index is 10.9. The maximum absolute atomic E-state index is 10.9. The number of hydrogen-bond acceptors (Lipinski definition) is 3. The fourth-order valence-corrected chi connectivity index (χ4v) is 1.25. The van der Waals surface area contributed by atoms with E-state index in [1.807, 2.05) is 0 Å². The lowest BCUT2D eigenvalue weighted by molar-refractivity contribution is 0.478. The Kier molecular flexibility index (Phi) is 1.48. The first-order valence-electron chi connectivity index (χ1n) is 3.79. The summed E-state index contributed by atoms with van der Waals surface area (Å²) >= 11 is 0. The van der Waals surface area contributed by atoms with Gasteiger partial charge in [0.15, 0.2) is 0 Å². The molecule has 0 unspecified atom stereocenters. The molecule has 0 fully saturated rings. The molecule has 4 N–H and O–H groups in total. The molecular weight excluding hydrogens is 168 g/mol. The molecule has 0 bridgehead atoms. The number of H-pyrrole nitrogens is 1. The Morgan fingerprint density at radius 1 is 1.23 bits per heavy atom. The van der Waals surface area contributed by atoms with Crippen LogP contribution in [0.15, 0.2) is 29.1 Å². The van der Waals surface area contributed by atoms with Crippen molar-refractivity contribution in [2.45, 2.75) is 0 Å². The third-order valence-electron chi connectivity index (χ3n) is 1.92. The summed E-state index contributed by atoms with van der Waals surface area (Å²) in [6.45, 7) is 0. The topological polar surface area (TPSA) is 79.1 Å². The van der Waals surface area contributed by atoms with Crippen LogP contribution in [0.25, 0.3) is 10.9 Å². The van der Waals surface area contributed by atoms with Gasteiger partial charge >= 0.3 is 0 Å². The first-order chi connectivity index (χ1) is 6.18. The van der Waals surface area contributed by atoms with Crippen molar-refractivity contribution in [1.29, 1.82) is 0 Å². The summed E-state index contributed by atoms with van der Waals surface area (Å²) in [7, 11) is 0. The number of aromatic amines is 1. The minimum absolute atomic E-state index is 0.0274. The molecule has 2 aromatic rings. The van der Waals surface area contributed by atoms with Crippen LogP contribution in [0.5, 0.6) is 5.75 Å². The summed E-state index contributed by atoms with van der Waals surface area (Å²) < 4.78 is 0. The molecule has 4 heteroatoms.